The molecular formula is C15H20N2S. The molecule has 2 rings (SSSR count). The summed E-state index contributed by atoms with van der Waals surface area (Å²) in [7, 11) is 0. The van der Waals surface area contributed by atoms with Gasteiger partial charge in [0.1, 0.15) is 0 Å². The molecule has 0 saturated heterocycles. The molecule has 18 heavy (non-hydrogen) atoms. The standard InChI is InChI=1S/C15H20N2S/c1-3-16-14(11-15-17-8-9-18-15)10-13-6-4-12(2)5-7-13/h4-9,14,16H,3,10-11H2,1-2H3. The van der Waals surface area contributed by atoms with Gasteiger partial charge >= 0.3 is 0 Å². The molecule has 0 fully saturated rings. The number of likely N-dealkylation sites (N-methyl/N-ethyl adjacent to an activating group) is 1. The molecule has 0 aliphatic rings. The van der Waals surface area contributed by atoms with E-state index in [1.54, 1.807) is 11.3 Å². The van der Waals surface area contributed by atoms with Crippen molar-refractivity contribution >= 4 is 11.3 Å². The van der Waals surface area contributed by atoms with Crippen LogP contribution < -0.4 is 5.32 Å². The summed E-state index contributed by atoms with van der Waals surface area (Å²) in [4.78, 5) is 4.37. The Morgan fingerprint density at radius 2 is 2.00 bits per heavy atom. The average molecular weight is 260 g/mol. The van der Waals surface area contributed by atoms with Gasteiger partial charge in [-0.1, -0.05) is 36.8 Å². The van der Waals surface area contributed by atoms with Crippen LogP contribution in [0, 0.1) is 6.92 Å². The van der Waals surface area contributed by atoms with Gasteiger partial charge in [-0.15, -0.1) is 11.3 Å². The summed E-state index contributed by atoms with van der Waals surface area (Å²) in [5.41, 5.74) is 2.71. The fourth-order valence-corrected chi connectivity index (χ4v) is 2.78. The summed E-state index contributed by atoms with van der Waals surface area (Å²) in [6, 6.07) is 9.29. The first kappa shape index (κ1) is 13.2. The Kier molecular flexibility index (Phi) is 4.90. The topological polar surface area (TPSA) is 24.9 Å². The van der Waals surface area contributed by atoms with Gasteiger partial charge in [0, 0.05) is 24.0 Å². The van der Waals surface area contributed by atoms with E-state index in [0.29, 0.717) is 6.04 Å². The van der Waals surface area contributed by atoms with Crippen LogP contribution in [-0.2, 0) is 12.8 Å². The van der Waals surface area contributed by atoms with Gasteiger partial charge < -0.3 is 5.32 Å². The lowest BCUT2D eigenvalue weighted by molar-refractivity contribution is 0.520. The Morgan fingerprint density at radius 3 is 2.61 bits per heavy atom. The number of aromatic nitrogens is 1. The zero-order valence-electron chi connectivity index (χ0n) is 11.0. The second-order valence-corrected chi connectivity index (χ2v) is 5.55. The number of aryl methyl sites for hydroxylation is 1. The van der Waals surface area contributed by atoms with Gasteiger partial charge in [-0.05, 0) is 25.5 Å². The molecule has 2 nitrogen and oxygen atoms in total. The molecule has 1 unspecified atom stereocenters. The molecule has 0 spiro atoms. The summed E-state index contributed by atoms with van der Waals surface area (Å²) in [6.45, 7) is 5.28. The maximum Gasteiger partial charge on any atom is 0.0940 e. The lowest BCUT2D eigenvalue weighted by atomic mass is 10.0. The second-order valence-electron chi connectivity index (χ2n) is 4.57. The molecule has 2 aromatic rings. The minimum atomic E-state index is 0.476. The van der Waals surface area contributed by atoms with Gasteiger partial charge in [0.15, 0.2) is 0 Å². The Hall–Kier alpha value is -1.19. The lowest BCUT2D eigenvalue weighted by Crippen LogP contribution is -2.33. The smallest absolute Gasteiger partial charge is 0.0940 e. The molecule has 0 saturated carbocycles. The van der Waals surface area contributed by atoms with Crippen molar-refractivity contribution in [1.82, 2.24) is 10.3 Å². The van der Waals surface area contributed by atoms with Gasteiger partial charge in [-0.3, -0.25) is 0 Å². The van der Waals surface area contributed by atoms with Crippen LogP contribution in [-0.4, -0.2) is 17.6 Å². The number of nitrogens with one attached hydrogen (secondary N) is 1. The highest BCUT2D eigenvalue weighted by molar-refractivity contribution is 7.09. The molecule has 3 heteroatoms. The summed E-state index contributed by atoms with van der Waals surface area (Å²) in [5.74, 6) is 0. The van der Waals surface area contributed by atoms with E-state index in [9.17, 15) is 0 Å². The zero-order valence-corrected chi connectivity index (χ0v) is 11.8. The molecule has 0 bridgehead atoms. The van der Waals surface area contributed by atoms with E-state index in [-0.39, 0.29) is 0 Å². The van der Waals surface area contributed by atoms with Crippen LogP contribution in [0.5, 0.6) is 0 Å². The maximum absolute atomic E-state index is 4.37. The highest BCUT2D eigenvalue weighted by Crippen LogP contribution is 2.12. The number of nitrogens with zero attached hydrogens (tertiary/aromatic N) is 1. The minimum absolute atomic E-state index is 0.476. The zero-order chi connectivity index (χ0) is 12.8. The highest BCUT2D eigenvalue weighted by atomic mass is 32.1. The first-order valence-electron chi connectivity index (χ1n) is 6.45. The van der Waals surface area contributed by atoms with Crippen molar-refractivity contribution < 1.29 is 0 Å². The fourth-order valence-electron chi connectivity index (χ4n) is 2.08. The maximum atomic E-state index is 4.37. The van der Waals surface area contributed by atoms with E-state index >= 15 is 0 Å². The Labute approximate surface area is 113 Å². The van der Waals surface area contributed by atoms with Gasteiger partial charge in [-0.25, -0.2) is 4.98 Å². The van der Waals surface area contributed by atoms with Crippen molar-refractivity contribution in [3.63, 3.8) is 0 Å². The van der Waals surface area contributed by atoms with Gasteiger partial charge in [0.2, 0.25) is 0 Å². The van der Waals surface area contributed by atoms with Crippen LogP contribution in [0.1, 0.15) is 23.1 Å². The minimum Gasteiger partial charge on any atom is -0.314 e. The van der Waals surface area contributed by atoms with Crippen LogP contribution in [0.15, 0.2) is 35.8 Å². The van der Waals surface area contributed by atoms with Crippen LogP contribution >= 0.6 is 11.3 Å². The first-order valence-corrected chi connectivity index (χ1v) is 7.33. The van der Waals surface area contributed by atoms with E-state index in [1.165, 1.54) is 16.1 Å². The van der Waals surface area contributed by atoms with Crippen molar-refractivity contribution in [1.29, 1.82) is 0 Å². The second kappa shape index (κ2) is 6.66. The van der Waals surface area contributed by atoms with Crippen molar-refractivity contribution in [3.05, 3.63) is 52.0 Å². The van der Waals surface area contributed by atoms with Crippen molar-refractivity contribution in [2.75, 3.05) is 6.54 Å². The largest absolute Gasteiger partial charge is 0.314 e. The van der Waals surface area contributed by atoms with E-state index in [2.05, 4.69) is 48.4 Å². The number of benzene rings is 1. The van der Waals surface area contributed by atoms with Crippen LogP contribution in [0.25, 0.3) is 0 Å². The first-order chi connectivity index (χ1) is 8.78. The van der Waals surface area contributed by atoms with Crippen molar-refractivity contribution in [2.24, 2.45) is 0 Å². The van der Waals surface area contributed by atoms with Gasteiger partial charge in [0.05, 0.1) is 5.01 Å². The molecule has 1 N–H and O–H groups in total. The lowest BCUT2D eigenvalue weighted by Gasteiger charge is -2.16. The molecule has 1 heterocycles. The predicted octanol–water partition coefficient (Wildman–Crippen LogP) is 3.21. The summed E-state index contributed by atoms with van der Waals surface area (Å²) >= 11 is 1.74. The van der Waals surface area contributed by atoms with Gasteiger partial charge in [-0.2, -0.15) is 0 Å². The predicted molar refractivity (Wildman–Crippen MR) is 78.2 cm³/mol. The van der Waals surface area contributed by atoms with E-state index in [0.717, 1.165) is 19.4 Å². The van der Waals surface area contributed by atoms with Crippen LogP contribution in [0.3, 0.4) is 0 Å². The molecule has 1 atom stereocenters. The summed E-state index contributed by atoms with van der Waals surface area (Å²) < 4.78 is 0. The molecule has 0 radical (unpaired) electrons. The van der Waals surface area contributed by atoms with Crippen molar-refractivity contribution in [2.45, 2.75) is 32.7 Å². The number of hydrogen-bond acceptors (Lipinski definition) is 3. The van der Waals surface area contributed by atoms with E-state index in [1.807, 2.05) is 11.6 Å². The highest BCUT2D eigenvalue weighted by Gasteiger charge is 2.10. The van der Waals surface area contributed by atoms with Crippen LogP contribution in [0.2, 0.25) is 0 Å². The summed E-state index contributed by atoms with van der Waals surface area (Å²) in [5, 5.41) is 6.81. The molecule has 0 amide bonds. The average Bonchev–Trinajstić information content (AvgIpc) is 2.85. The third-order valence-corrected chi connectivity index (χ3v) is 3.80. The molecule has 1 aromatic carbocycles. The third kappa shape index (κ3) is 3.93. The van der Waals surface area contributed by atoms with Crippen LogP contribution in [0.4, 0.5) is 0 Å². The quantitative estimate of drug-likeness (QED) is 0.862. The molecule has 1 aromatic heterocycles. The Bertz CT molecular complexity index is 448. The van der Waals surface area contributed by atoms with E-state index in [4.69, 9.17) is 0 Å². The van der Waals surface area contributed by atoms with E-state index < -0.39 is 0 Å². The number of rotatable bonds is 6. The molecule has 0 aliphatic carbocycles. The normalized spacial score (nSPS) is 12.6. The SMILES string of the molecule is CCNC(Cc1ccc(C)cc1)Cc1nccs1. The number of hydrogen-bond donors (Lipinski definition) is 1. The Morgan fingerprint density at radius 1 is 1.22 bits per heavy atom. The number of thiazole rings is 1. The molecular weight excluding hydrogens is 240 g/mol. The molecule has 96 valence electrons. The Balaban J connectivity index is 1.99. The fraction of sp³-hybridized carbons (Fsp3) is 0.400. The monoisotopic (exact) mass is 260 g/mol. The molecule has 0 aliphatic heterocycles. The van der Waals surface area contributed by atoms with Crippen molar-refractivity contribution in [3.8, 4) is 0 Å². The van der Waals surface area contributed by atoms with Gasteiger partial charge in [0.25, 0.3) is 0 Å². The summed E-state index contributed by atoms with van der Waals surface area (Å²) in [6.07, 6.45) is 3.96. The third-order valence-electron chi connectivity index (χ3n) is 3.00.